The predicted octanol–water partition coefficient (Wildman–Crippen LogP) is 5.12. The zero-order valence-corrected chi connectivity index (χ0v) is 12.2. The highest BCUT2D eigenvalue weighted by Crippen LogP contribution is 2.28. The lowest BCUT2D eigenvalue weighted by Gasteiger charge is -2.12. The minimum absolute atomic E-state index is 0.184. The molecule has 0 aromatic heterocycles. The van der Waals surface area contributed by atoms with E-state index in [0.29, 0.717) is 0 Å². The largest absolute Gasteiger partial charge is 0.207 e. The van der Waals surface area contributed by atoms with E-state index in [1.165, 1.54) is 28.8 Å². The van der Waals surface area contributed by atoms with Crippen LogP contribution in [0.4, 0.5) is 4.39 Å². The Hall–Kier alpha value is -1.15. The molecular formula is C16H16BrF. The summed E-state index contributed by atoms with van der Waals surface area (Å²) in [4.78, 5) is 0.266. The second kappa shape index (κ2) is 5.66. The van der Waals surface area contributed by atoms with Crippen LogP contribution in [0.25, 0.3) is 0 Å². The molecule has 0 aliphatic carbocycles. The van der Waals surface area contributed by atoms with Crippen molar-refractivity contribution in [1.29, 1.82) is 0 Å². The Morgan fingerprint density at radius 1 is 1.00 bits per heavy atom. The molecule has 94 valence electrons. The quantitative estimate of drug-likeness (QED) is 0.690. The topological polar surface area (TPSA) is 0 Å². The van der Waals surface area contributed by atoms with Crippen LogP contribution in [0.2, 0.25) is 0 Å². The number of aryl methyl sites for hydroxylation is 2. The molecule has 0 saturated carbocycles. The van der Waals surface area contributed by atoms with Gasteiger partial charge in [0.1, 0.15) is 5.82 Å². The molecule has 0 spiro atoms. The summed E-state index contributed by atoms with van der Waals surface area (Å²) in [5.41, 5.74) is 5.01. The van der Waals surface area contributed by atoms with E-state index in [1.807, 2.05) is 12.1 Å². The summed E-state index contributed by atoms with van der Waals surface area (Å²) in [6.07, 6.45) is 0.864. The Bertz CT molecular complexity index is 531. The Kier molecular flexibility index (Phi) is 4.18. The molecule has 1 atom stereocenters. The summed E-state index contributed by atoms with van der Waals surface area (Å²) in [6.45, 7) is 4.23. The zero-order valence-electron chi connectivity index (χ0n) is 10.6. The van der Waals surface area contributed by atoms with Crippen molar-refractivity contribution in [2.24, 2.45) is 0 Å². The van der Waals surface area contributed by atoms with Gasteiger partial charge < -0.3 is 0 Å². The van der Waals surface area contributed by atoms with Crippen molar-refractivity contribution in [3.8, 4) is 0 Å². The average molecular weight is 307 g/mol. The van der Waals surface area contributed by atoms with E-state index in [9.17, 15) is 4.39 Å². The van der Waals surface area contributed by atoms with Crippen molar-refractivity contribution >= 4 is 15.9 Å². The molecule has 0 bridgehead atoms. The van der Waals surface area contributed by atoms with Crippen LogP contribution in [0.5, 0.6) is 0 Å². The van der Waals surface area contributed by atoms with Crippen LogP contribution in [0.3, 0.4) is 0 Å². The molecule has 1 unspecified atom stereocenters. The number of benzene rings is 2. The summed E-state index contributed by atoms with van der Waals surface area (Å²) in [5, 5.41) is 0. The van der Waals surface area contributed by atoms with Crippen LogP contribution >= 0.6 is 15.9 Å². The lowest BCUT2D eigenvalue weighted by atomic mass is 10.0. The van der Waals surface area contributed by atoms with Crippen LogP contribution in [-0.2, 0) is 6.42 Å². The van der Waals surface area contributed by atoms with Crippen LogP contribution in [-0.4, -0.2) is 0 Å². The molecule has 2 heteroatoms. The van der Waals surface area contributed by atoms with E-state index in [0.717, 1.165) is 12.0 Å². The van der Waals surface area contributed by atoms with Gasteiger partial charge in [0.2, 0.25) is 0 Å². The van der Waals surface area contributed by atoms with Crippen molar-refractivity contribution in [3.63, 3.8) is 0 Å². The fraction of sp³-hybridized carbons (Fsp3) is 0.250. The third kappa shape index (κ3) is 3.20. The van der Waals surface area contributed by atoms with Crippen LogP contribution in [0, 0.1) is 19.7 Å². The Morgan fingerprint density at radius 2 is 1.67 bits per heavy atom. The van der Waals surface area contributed by atoms with Gasteiger partial charge >= 0.3 is 0 Å². The standard InChI is InChI=1S/C16H16BrF/c1-11-3-6-14(9-12(11)2)16(17)10-13-4-7-15(18)8-5-13/h3-9,16H,10H2,1-2H3. The Labute approximate surface area is 116 Å². The van der Waals surface area contributed by atoms with E-state index in [4.69, 9.17) is 0 Å². The lowest BCUT2D eigenvalue weighted by Crippen LogP contribution is -1.97. The van der Waals surface area contributed by atoms with E-state index in [1.54, 1.807) is 0 Å². The van der Waals surface area contributed by atoms with Crippen LogP contribution in [0.1, 0.15) is 27.1 Å². The van der Waals surface area contributed by atoms with Crippen LogP contribution < -0.4 is 0 Å². The molecule has 0 saturated heterocycles. The maximum Gasteiger partial charge on any atom is 0.123 e. The molecule has 2 rings (SSSR count). The molecule has 0 radical (unpaired) electrons. The third-order valence-electron chi connectivity index (χ3n) is 3.22. The zero-order chi connectivity index (χ0) is 13.1. The minimum atomic E-state index is -0.184. The second-order valence-electron chi connectivity index (χ2n) is 4.64. The molecule has 0 nitrogen and oxygen atoms in total. The fourth-order valence-electron chi connectivity index (χ4n) is 1.90. The summed E-state index contributed by atoms with van der Waals surface area (Å²) in [6, 6.07) is 13.2. The number of hydrogen-bond donors (Lipinski definition) is 0. The maximum absolute atomic E-state index is 12.8. The molecule has 0 N–H and O–H groups in total. The van der Waals surface area contributed by atoms with Crippen molar-refractivity contribution in [1.82, 2.24) is 0 Å². The highest BCUT2D eigenvalue weighted by atomic mass is 79.9. The van der Waals surface area contributed by atoms with Gasteiger partial charge in [0.05, 0.1) is 0 Å². The smallest absolute Gasteiger partial charge is 0.123 e. The Balaban J connectivity index is 2.13. The van der Waals surface area contributed by atoms with Gasteiger partial charge in [-0.1, -0.05) is 46.3 Å². The van der Waals surface area contributed by atoms with E-state index in [2.05, 4.69) is 48.0 Å². The first-order valence-corrected chi connectivity index (χ1v) is 6.93. The molecule has 0 heterocycles. The molecular weight excluding hydrogens is 291 g/mol. The van der Waals surface area contributed by atoms with Crippen LogP contribution in [0.15, 0.2) is 42.5 Å². The molecule has 0 amide bonds. The summed E-state index contributed by atoms with van der Waals surface area (Å²) < 4.78 is 12.8. The van der Waals surface area contributed by atoms with Crippen molar-refractivity contribution in [3.05, 3.63) is 70.5 Å². The predicted molar refractivity (Wildman–Crippen MR) is 77.7 cm³/mol. The molecule has 2 aromatic rings. The van der Waals surface area contributed by atoms with E-state index < -0.39 is 0 Å². The monoisotopic (exact) mass is 306 g/mol. The second-order valence-corrected chi connectivity index (χ2v) is 5.75. The highest BCUT2D eigenvalue weighted by molar-refractivity contribution is 9.09. The van der Waals surface area contributed by atoms with Crippen molar-refractivity contribution in [2.75, 3.05) is 0 Å². The van der Waals surface area contributed by atoms with Gasteiger partial charge in [-0.2, -0.15) is 0 Å². The van der Waals surface area contributed by atoms with Gasteiger partial charge in [0.15, 0.2) is 0 Å². The number of rotatable bonds is 3. The van der Waals surface area contributed by atoms with Gasteiger partial charge in [-0.15, -0.1) is 0 Å². The molecule has 2 aromatic carbocycles. The minimum Gasteiger partial charge on any atom is -0.207 e. The first kappa shape index (κ1) is 13.3. The van der Waals surface area contributed by atoms with Gasteiger partial charge in [-0.25, -0.2) is 4.39 Å². The Morgan fingerprint density at radius 3 is 2.28 bits per heavy atom. The maximum atomic E-state index is 12.8. The molecule has 0 aliphatic rings. The van der Waals surface area contributed by atoms with Crippen molar-refractivity contribution < 1.29 is 4.39 Å². The average Bonchev–Trinajstić information content (AvgIpc) is 2.35. The van der Waals surface area contributed by atoms with Gasteiger partial charge in [0.25, 0.3) is 0 Å². The van der Waals surface area contributed by atoms with Gasteiger partial charge in [-0.05, 0) is 54.7 Å². The van der Waals surface area contributed by atoms with Gasteiger partial charge in [0, 0.05) is 4.83 Å². The lowest BCUT2D eigenvalue weighted by molar-refractivity contribution is 0.627. The summed E-state index contributed by atoms with van der Waals surface area (Å²) in [5.74, 6) is -0.184. The van der Waals surface area contributed by atoms with Gasteiger partial charge in [-0.3, -0.25) is 0 Å². The first-order valence-electron chi connectivity index (χ1n) is 6.02. The summed E-state index contributed by atoms with van der Waals surface area (Å²) >= 11 is 3.71. The molecule has 18 heavy (non-hydrogen) atoms. The SMILES string of the molecule is Cc1ccc(C(Br)Cc2ccc(F)cc2)cc1C. The number of halogens is 2. The molecule has 0 aliphatic heterocycles. The highest BCUT2D eigenvalue weighted by Gasteiger charge is 2.09. The summed E-state index contributed by atoms with van der Waals surface area (Å²) in [7, 11) is 0. The van der Waals surface area contributed by atoms with E-state index in [-0.39, 0.29) is 10.6 Å². The number of hydrogen-bond acceptors (Lipinski definition) is 0. The van der Waals surface area contributed by atoms with Crippen molar-refractivity contribution in [2.45, 2.75) is 25.1 Å². The first-order chi connectivity index (χ1) is 8.56. The molecule has 0 fully saturated rings. The van der Waals surface area contributed by atoms with E-state index >= 15 is 0 Å². The third-order valence-corrected chi connectivity index (χ3v) is 4.07. The normalized spacial score (nSPS) is 12.4. The fourth-order valence-corrected chi connectivity index (χ4v) is 2.56. The number of alkyl halides is 1.